The molecule has 0 radical (unpaired) electrons. The number of aliphatic hydroxyl groups is 1. The van der Waals surface area contributed by atoms with E-state index < -0.39 is 24.6 Å². The third-order valence-electron chi connectivity index (χ3n) is 4.48. The second-order valence-electron chi connectivity index (χ2n) is 6.53. The maximum absolute atomic E-state index is 12.3. The number of carbonyl (C=O) groups excluding carboxylic acids is 2. The van der Waals surface area contributed by atoms with Crippen LogP contribution in [0.15, 0.2) is 42.5 Å². The molecular weight excluding hydrogens is 344 g/mol. The van der Waals surface area contributed by atoms with Crippen molar-refractivity contribution >= 4 is 28.3 Å². The van der Waals surface area contributed by atoms with E-state index in [4.69, 9.17) is 4.74 Å². The van der Waals surface area contributed by atoms with Crippen molar-refractivity contribution in [3.05, 3.63) is 65.0 Å². The SMILES string of the molecule is Cc1[nH]c(C(=O)OCC(=O)Nc2ccc3ccccc3c2)c(C)c1[C@H](C)O. The van der Waals surface area contributed by atoms with Crippen LogP contribution in [0.2, 0.25) is 0 Å². The summed E-state index contributed by atoms with van der Waals surface area (Å²) in [5, 5.41) is 14.6. The first-order valence-corrected chi connectivity index (χ1v) is 8.69. The Labute approximate surface area is 157 Å². The van der Waals surface area contributed by atoms with Crippen LogP contribution in [0.1, 0.15) is 40.3 Å². The Morgan fingerprint density at radius 1 is 1.15 bits per heavy atom. The number of nitrogens with one attached hydrogen (secondary N) is 2. The Hall–Kier alpha value is -3.12. The topological polar surface area (TPSA) is 91.4 Å². The van der Waals surface area contributed by atoms with Gasteiger partial charge in [0.15, 0.2) is 6.61 Å². The molecule has 1 aromatic heterocycles. The number of esters is 1. The number of amides is 1. The van der Waals surface area contributed by atoms with Crippen LogP contribution in [-0.4, -0.2) is 28.6 Å². The third-order valence-corrected chi connectivity index (χ3v) is 4.48. The molecule has 3 rings (SSSR count). The van der Waals surface area contributed by atoms with E-state index in [2.05, 4.69) is 10.3 Å². The van der Waals surface area contributed by atoms with Crippen LogP contribution in [0.5, 0.6) is 0 Å². The molecule has 2 aromatic carbocycles. The van der Waals surface area contributed by atoms with E-state index in [0.717, 1.165) is 10.8 Å². The molecule has 0 unspecified atom stereocenters. The second kappa shape index (κ2) is 7.63. The fourth-order valence-corrected chi connectivity index (χ4v) is 3.26. The van der Waals surface area contributed by atoms with Gasteiger partial charge >= 0.3 is 5.97 Å². The number of aliphatic hydroxyl groups excluding tert-OH is 1. The molecule has 0 aliphatic carbocycles. The molecule has 1 heterocycles. The van der Waals surface area contributed by atoms with Crippen LogP contribution in [-0.2, 0) is 9.53 Å². The molecule has 6 heteroatoms. The quantitative estimate of drug-likeness (QED) is 0.601. The maximum Gasteiger partial charge on any atom is 0.355 e. The smallest absolute Gasteiger partial charge is 0.355 e. The van der Waals surface area contributed by atoms with Gasteiger partial charge < -0.3 is 20.1 Å². The van der Waals surface area contributed by atoms with E-state index in [1.165, 1.54) is 0 Å². The van der Waals surface area contributed by atoms with Crippen molar-refractivity contribution in [2.45, 2.75) is 26.9 Å². The number of ether oxygens (including phenoxy) is 1. The lowest BCUT2D eigenvalue weighted by Crippen LogP contribution is -2.21. The molecule has 0 saturated carbocycles. The predicted octanol–water partition coefficient (Wildman–Crippen LogP) is 3.63. The summed E-state index contributed by atoms with van der Waals surface area (Å²) in [4.78, 5) is 27.3. The third kappa shape index (κ3) is 4.01. The Morgan fingerprint density at radius 2 is 1.85 bits per heavy atom. The lowest BCUT2D eigenvalue weighted by molar-refractivity contribution is -0.119. The summed E-state index contributed by atoms with van der Waals surface area (Å²) in [5.74, 6) is -1.05. The molecule has 0 aliphatic rings. The number of aromatic amines is 1. The highest BCUT2D eigenvalue weighted by Gasteiger charge is 2.21. The standard InChI is InChI=1S/C21H22N2O4/c1-12-19(14(3)24)13(2)22-20(12)21(26)27-11-18(25)23-17-9-8-15-6-4-5-7-16(15)10-17/h4-10,14,22,24H,11H2,1-3H3,(H,23,25)/t14-/m0/s1. The first kappa shape index (κ1) is 18.7. The average molecular weight is 366 g/mol. The molecule has 1 amide bonds. The number of carbonyl (C=O) groups is 2. The van der Waals surface area contributed by atoms with Crippen molar-refractivity contribution in [1.82, 2.24) is 4.98 Å². The molecule has 0 fully saturated rings. The zero-order valence-electron chi connectivity index (χ0n) is 15.5. The summed E-state index contributed by atoms with van der Waals surface area (Å²) in [7, 11) is 0. The van der Waals surface area contributed by atoms with Gasteiger partial charge in [-0.2, -0.15) is 0 Å². The van der Waals surface area contributed by atoms with Gasteiger partial charge in [0.2, 0.25) is 0 Å². The molecule has 3 N–H and O–H groups in total. The minimum Gasteiger partial charge on any atom is -0.451 e. The minimum atomic E-state index is -0.695. The van der Waals surface area contributed by atoms with Gasteiger partial charge in [-0.3, -0.25) is 4.79 Å². The molecule has 27 heavy (non-hydrogen) atoms. The Kier molecular flexibility index (Phi) is 5.28. The molecule has 6 nitrogen and oxygen atoms in total. The summed E-state index contributed by atoms with van der Waals surface area (Å²) in [6.45, 7) is 4.75. The lowest BCUT2D eigenvalue weighted by atomic mass is 10.1. The first-order chi connectivity index (χ1) is 12.9. The number of aryl methyl sites for hydroxylation is 1. The van der Waals surface area contributed by atoms with Gasteiger partial charge in [0.25, 0.3) is 5.91 Å². The van der Waals surface area contributed by atoms with E-state index in [1.54, 1.807) is 26.8 Å². The van der Waals surface area contributed by atoms with Gasteiger partial charge in [-0.15, -0.1) is 0 Å². The number of aromatic nitrogens is 1. The van der Waals surface area contributed by atoms with Gasteiger partial charge in [-0.05, 0) is 49.2 Å². The van der Waals surface area contributed by atoms with E-state index in [0.29, 0.717) is 22.5 Å². The summed E-state index contributed by atoms with van der Waals surface area (Å²) < 4.78 is 5.11. The van der Waals surface area contributed by atoms with Crippen molar-refractivity contribution in [2.75, 3.05) is 11.9 Å². The molecule has 0 saturated heterocycles. The zero-order chi connectivity index (χ0) is 19.6. The number of rotatable bonds is 5. The number of fused-ring (bicyclic) bond motifs is 1. The summed E-state index contributed by atoms with van der Waals surface area (Å²) in [5.41, 5.74) is 2.89. The van der Waals surface area contributed by atoms with Crippen LogP contribution in [0.4, 0.5) is 5.69 Å². The van der Waals surface area contributed by atoms with Crippen LogP contribution < -0.4 is 5.32 Å². The molecule has 3 aromatic rings. The van der Waals surface area contributed by atoms with Gasteiger partial charge in [0.1, 0.15) is 5.69 Å². The zero-order valence-corrected chi connectivity index (χ0v) is 15.5. The van der Waals surface area contributed by atoms with Crippen molar-refractivity contribution in [2.24, 2.45) is 0 Å². The molecular formula is C21H22N2O4. The molecule has 140 valence electrons. The number of anilines is 1. The van der Waals surface area contributed by atoms with Gasteiger partial charge in [-0.25, -0.2) is 4.79 Å². The number of hydrogen-bond acceptors (Lipinski definition) is 4. The van der Waals surface area contributed by atoms with Crippen molar-refractivity contribution in [3.63, 3.8) is 0 Å². The normalized spacial score (nSPS) is 12.0. The summed E-state index contributed by atoms with van der Waals surface area (Å²) >= 11 is 0. The van der Waals surface area contributed by atoms with E-state index in [9.17, 15) is 14.7 Å². The average Bonchev–Trinajstić information content (AvgIpc) is 2.94. The molecule has 1 atom stereocenters. The number of benzene rings is 2. The van der Waals surface area contributed by atoms with Crippen LogP contribution in [0, 0.1) is 13.8 Å². The molecule has 0 aliphatic heterocycles. The Balaban J connectivity index is 1.63. The minimum absolute atomic E-state index is 0.252. The maximum atomic E-state index is 12.3. The monoisotopic (exact) mass is 366 g/mol. The molecule has 0 spiro atoms. The number of H-pyrrole nitrogens is 1. The van der Waals surface area contributed by atoms with E-state index in [-0.39, 0.29) is 5.69 Å². The highest BCUT2D eigenvalue weighted by Crippen LogP contribution is 2.25. The van der Waals surface area contributed by atoms with Crippen LogP contribution >= 0.6 is 0 Å². The molecule has 0 bridgehead atoms. The van der Waals surface area contributed by atoms with Crippen molar-refractivity contribution < 1.29 is 19.4 Å². The highest BCUT2D eigenvalue weighted by atomic mass is 16.5. The fourth-order valence-electron chi connectivity index (χ4n) is 3.26. The van der Waals surface area contributed by atoms with Crippen LogP contribution in [0.3, 0.4) is 0 Å². The first-order valence-electron chi connectivity index (χ1n) is 8.69. The van der Waals surface area contributed by atoms with Gasteiger partial charge in [0.05, 0.1) is 6.10 Å². The lowest BCUT2D eigenvalue weighted by Gasteiger charge is -2.08. The fraction of sp³-hybridized carbons (Fsp3) is 0.238. The van der Waals surface area contributed by atoms with E-state index in [1.807, 2.05) is 36.4 Å². The van der Waals surface area contributed by atoms with E-state index >= 15 is 0 Å². The predicted molar refractivity (Wildman–Crippen MR) is 104 cm³/mol. The van der Waals surface area contributed by atoms with Crippen molar-refractivity contribution in [1.29, 1.82) is 0 Å². The van der Waals surface area contributed by atoms with Gasteiger partial charge in [-0.1, -0.05) is 30.3 Å². The van der Waals surface area contributed by atoms with Crippen LogP contribution in [0.25, 0.3) is 10.8 Å². The Bertz CT molecular complexity index is 1000. The number of hydrogen-bond donors (Lipinski definition) is 3. The van der Waals surface area contributed by atoms with Gasteiger partial charge in [0, 0.05) is 16.9 Å². The Morgan fingerprint density at radius 3 is 2.52 bits per heavy atom. The largest absolute Gasteiger partial charge is 0.451 e. The summed E-state index contributed by atoms with van der Waals surface area (Å²) in [6, 6.07) is 13.4. The van der Waals surface area contributed by atoms with Crippen molar-refractivity contribution in [3.8, 4) is 0 Å². The second-order valence-corrected chi connectivity index (χ2v) is 6.53. The summed E-state index contributed by atoms with van der Waals surface area (Å²) in [6.07, 6.45) is -0.695. The highest BCUT2D eigenvalue weighted by molar-refractivity contribution is 5.97.